The van der Waals surface area contributed by atoms with Crippen LogP contribution in [0.2, 0.25) is 0 Å². The third-order valence-electron chi connectivity index (χ3n) is 4.67. The second-order valence-corrected chi connectivity index (χ2v) is 7.13. The van der Waals surface area contributed by atoms with Crippen LogP contribution in [0.3, 0.4) is 0 Å². The fourth-order valence-corrected chi connectivity index (χ4v) is 3.44. The summed E-state index contributed by atoms with van der Waals surface area (Å²) in [6, 6.07) is 10.4. The van der Waals surface area contributed by atoms with Crippen LogP contribution in [0, 0.1) is 13.8 Å². The smallest absolute Gasteiger partial charge is 0.193 e. The molecule has 5 heteroatoms. The van der Waals surface area contributed by atoms with Crippen molar-refractivity contribution in [2.45, 2.75) is 46.1 Å². The zero-order valence-electron chi connectivity index (χ0n) is 15.8. The molecule has 1 fully saturated rings. The molecule has 1 aromatic heterocycles. The van der Waals surface area contributed by atoms with Crippen LogP contribution in [-0.4, -0.2) is 24.0 Å². The van der Waals surface area contributed by atoms with E-state index in [1.54, 1.807) is 0 Å². The van der Waals surface area contributed by atoms with Crippen LogP contribution < -0.4 is 16.0 Å². The van der Waals surface area contributed by atoms with Crippen molar-refractivity contribution in [1.82, 2.24) is 4.98 Å². The summed E-state index contributed by atoms with van der Waals surface area (Å²) in [5, 5.41) is 3.18. The third kappa shape index (κ3) is 5.22. The molecular weight excluding hydrogens is 322 g/mol. The number of anilines is 2. The minimum atomic E-state index is 0.433. The first kappa shape index (κ1) is 18.2. The van der Waals surface area contributed by atoms with E-state index in [0.717, 1.165) is 30.2 Å². The van der Waals surface area contributed by atoms with Gasteiger partial charge in [-0.25, -0.2) is 9.98 Å². The number of aryl methyl sites for hydroxylation is 2. The Morgan fingerprint density at radius 3 is 2.46 bits per heavy atom. The van der Waals surface area contributed by atoms with E-state index in [2.05, 4.69) is 58.3 Å². The van der Waals surface area contributed by atoms with E-state index in [1.807, 2.05) is 12.3 Å². The zero-order valence-corrected chi connectivity index (χ0v) is 15.8. The van der Waals surface area contributed by atoms with Crippen LogP contribution in [0.1, 0.15) is 42.4 Å². The summed E-state index contributed by atoms with van der Waals surface area (Å²) in [5.74, 6) is 1.49. The molecule has 0 aliphatic carbocycles. The molecule has 1 aromatic carbocycles. The Balaban J connectivity index is 1.64. The fraction of sp³-hybridized carbons (Fsp3) is 0.429. The van der Waals surface area contributed by atoms with Gasteiger partial charge in [0.05, 0.1) is 6.54 Å². The van der Waals surface area contributed by atoms with Gasteiger partial charge in [0.2, 0.25) is 0 Å². The van der Waals surface area contributed by atoms with Crippen LogP contribution in [0.4, 0.5) is 11.5 Å². The summed E-state index contributed by atoms with van der Waals surface area (Å²) >= 11 is 0. The predicted molar refractivity (Wildman–Crippen MR) is 110 cm³/mol. The predicted octanol–water partition coefficient (Wildman–Crippen LogP) is 4.01. The maximum absolute atomic E-state index is 6.07. The highest BCUT2D eigenvalue weighted by Crippen LogP contribution is 2.19. The normalized spacial score (nSPS) is 15.6. The topological polar surface area (TPSA) is 66.5 Å². The lowest BCUT2D eigenvalue weighted by Gasteiger charge is -2.21. The summed E-state index contributed by atoms with van der Waals surface area (Å²) < 4.78 is 0. The summed E-state index contributed by atoms with van der Waals surface area (Å²) in [7, 11) is 0. The lowest BCUT2D eigenvalue weighted by molar-refractivity contribution is 0.726. The quantitative estimate of drug-likeness (QED) is 0.645. The van der Waals surface area contributed by atoms with Gasteiger partial charge in [-0.05, 0) is 67.6 Å². The Labute approximate surface area is 156 Å². The van der Waals surface area contributed by atoms with Crippen molar-refractivity contribution in [2.24, 2.45) is 10.7 Å². The Hall–Kier alpha value is -2.56. The Morgan fingerprint density at radius 2 is 1.77 bits per heavy atom. The maximum atomic E-state index is 6.07. The molecule has 1 aliphatic heterocycles. The van der Waals surface area contributed by atoms with Gasteiger partial charge in [0.15, 0.2) is 5.96 Å². The lowest BCUT2D eigenvalue weighted by atomic mass is 10.1. The summed E-state index contributed by atoms with van der Waals surface area (Å²) in [4.78, 5) is 11.4. The number of nitrogens with one attached hydrogen (secondary N) is 1. The molecule has 0 atom stereocenters. The Bertz CT molecular complexity index is 740. The van der Waals surface area contributed by atoms with E-state index in [-0.39, 0.29) is 0 Å². The second kappa shape index (κ2) is 8.70. The largest absolute Gasteiger partial charge is 0.370 e. The van der Waals surface area contributed by atoms with Gasteiger partial charge in [0, 0.05) is 25.0 Å². The minimum absolute atomic E-state index is 0.433. The molecule has 26 heavy (non-hydrogen) atoms. The molecule has 1 saturated heterocycles. The van der Waals surface area contributed by atoms with Crippen molar-refractivity contribution in [1.29, 1.82) is 0 Å². The third-order valence-corrected chi connectivity index (χ3v) is 4.67. The number of guanidine groups is 1. The molecule has 2 aromatic rings. The summed E-state index contributed by atoms with van der Waals surface area (Å²) in [6.45, 7) is 6.89. The molecule has 5 nitrogen and oxygen atoms in total. The standard InChI is InChI=1S/C21H29N5/c1-16-11-17(2)13-19(12-16)25-21(22)24-15-18-7-8-23-20(14-18)26-9-5-3-4-6-10-26/h7-8,11-14H,3-6,9-10,15H2,1-2H3,(H3,22,24,25). The molecule has 138 valence electrons. The monoisotopic (exact) mass is 351 g/mol. The first-order chi connectivity index (χ1) is 12.6. The van der Waals surface area contributed by atoms with Gasteiger partial charge in [-0.2, -0.15) is 0 Å². The van der Waals surface area contributed by atoms with Crippen LogP contribution in [-0.2, 0) is 6.54 Å². The van der Waals surface area contributed by atoms with Gasteiger partial charge >= 0.3 is 0 Å². The van der Waals surface area contributed by atoms with Crippen LogP contribution in [0.15, 0.2) is 41.5 Å². The van der Waals surface area contributed by atoms with Crippen LogP contribution >= 0.6 is 0 Å². The van der Waals surface area contributed by atoms with Gasteiger partial charge in [-0.3, -0.25) is 0 Å². The van der Waals surface area contributed by atoms with Crippen molar-refractivity contribution in [2.75, 3.05) is 23.3 Å². The highest BCUT2D eigenvalue weighted by molar-refractivity contribution is 5.92. The number of hydrogen-bond acceptors (Lipinski definition) is 3. The SMILES string of the molecule is Cc1cc(C)cc(NC(N)=NCc2ccnc(N3CCCCCC3)c2)c1. The number of aliphatic imine (C=N–C) groups is 1. The molecule has 0 saturated carbocycles. The van der Waals surface area contributed by atoms with Crippen LogP contribution in [0.5, 0.6) is 0 Å². The van der Waals surface area contributed by atoms with Crippen molar-refractivity contribution >= 4 is 17.5 Å². The van der Waals surface area contributed by atoms with E-state index in [0.29, 0.717) is 12.5 Å². The molecule has 0 spiro atoms. The van der Waals surface area contributed by atoms with Gasteiger partial charge < -0.3 is 16.0 Å². The average molecular weight is 351 g/mol. The van der Waals surface area contributed by atoms with E-state index in [1.165, 1.54) is 36.8 Å². The molecule has 0 radical (unpaired) electrons. The van der Waals surface area contributed by atoms with Crippen LogP contribution in [0.25, 0.3) is 0 Å². The number of aromatic nitrogens is 1. The molecular formula is C21H29N5. The fourth-order valence-electron chi connectivity index (χ4n) is 3.44. The number of nitrogens with two attached hydrogens (primary N) is 1. The first-order valence-corrected chi connectivity index (χ1v) is 9.45. The van der Waals surface area contributed by atoms with Crippen molar-refractivity contribution in [3.05, 3.63) is 53.2 Å². The summed E-state index contributed by atoms with van der Waals surface area (Å²) in [6.07, 6.45) is 7.01. The minimum Gasteiger partial charge on any atom is -0.370 e. The van der Waals surface area contributed by atoms with E-state index in [9.17, 15) is 0 Å². The first-order valence-electron chi connectivity index (χ1n) is 9.45. The Morgan fingerprint density at radius 1 is 1.08 bits per heavy atom. The van der Waals surface area contributed by atoms with E-state index < -0.39 is 0 Å². The molecule has 0 amide bonds. The Kier molecular flexibility index (Phi) is 6.10. The van der Waals surface area contributed by atoms with Gasteiger partial charge in [-0.15, -0.1) is 0 Å². The molecule has 2 heterocycles. The van der Waals surface area contributed by atoms with Gasteiger partial charge in [-0.1, -0.05) is 18.9 Å². The number of benzene rings is 1. The van der Waals surface area contributed by atoms with E-state index >= 15 is 0 Å². The maximum Gasteiger partial charge on any atom is 0.193 e. The number of hydrogen-bond donors (Lipinski definition) is 2. The molecule has 0 unspecified atom stereocenters. The molecule has 3 N–H and O–H groups in total. The second-order valence-electron chi connectivity index (χ2n) is 7.13. The highest BCUT2D eigenvalue weighted by Gasteiger charge is 2.11. The summed E-state index contributed by atoms with van der Waals surface area (Å²) in [5.41, 5.74) is 10.6. The lowest BCUT2D eigenvalue weighted by Crippen LogP contribution is -2.25. The number of pyridine rings is 1. The average Bonchev–Trinajstić information content (AvgIpc) is 2.89. The molecule has 3 rings (SSSR count). The molecule has 1 aliphatic rings. The number of nitrogens with zero attached hydrogens (tertiary/aromatic N) is 3. The van der Waals surface area contributed by atoms with Crippen molar-refractivity contribution < 1.29 is 0 Å². The van der Waals surface area contributed by atoms with Gasteiger partial charge in [0.1, 0.15) is 5.82 Å². The zero-order chi connectivity index (χ0) is 18.4. The highest BCUT2D eigenvalue weighted by atomic mass is 15.2. The van der Waals surface area contributed by atoms with Crippen molar-refractivity contribution in [3.8, 4) is 0 Å². The molecule has 0 bridgehead atoms. The van der Waals surface area contributed by atoms with Gasteiger partial charge in [0.25, 0.3) is 0 Å². The van der Waals surface area contributed by atoms with E-state index in [4.69, 9.17) is 5.73 Å². The van der Waals surface area contributed by atoms with Crippen molar-refractivity contribution in [3.63, 3.8) is 0 Å². The number of rotatable bonds is 4.